The normalized spacial score (nSPS) is 11.3. The standard InChI is InChI=1S/C20H25NO4S/c1-16(2)25-18-8-10-19(11-9-18)26(23,24)15-13-20(22)21-14-12-17-6-4-3-5-7-17/h3-11,16H,12-15H2,1-2H3,(H,21,22). The van der Waals surface area contributed by atoms with E-state index in [4.69, 9.17) is 4.74 Å². The molecule has 0 fully saturated rings. The monoisotopic (exact) mass is 375 g/mol. The zero-order valence-corrected chi connectivity index (χ0v) is 16.0. The maximum Gasteiger partial charge on any atom is 0.221 e. The summed E-state index contributed by atoms with van der Waals surface area (Å²) in [5, 5.41) is 2.76. The Morgan fingerprint density at radius 1 is 1.04 bits per heavy atom. The molecule has 2 aromatic rings. The highest BCUT2D eigenvalue weighted by Gasteiger charge is 2.16. The van der Waals surface area contributed by atoms with Crippen LogP contribution in [0, 0.1) is 0 Å². The molecule has 0 atom stereocenters. The Hall–Kier alpha value is -2.34. The van der Waals surface area contributed by atoms with E-state index in [0.29, 0.717) is 12.3 Å². The number of benzene rings is 2. The smallest absolute Gasteiger partial charge is 0.221 e. The Balaban J connectivity index is 1.80. The van der Waals surface area contributed by atoms with Crippen LogP contribution in [0.25, 0.3) is 0 Å². The number of hydrogen-bond acceptors (Lipinski definition) is 4. The molecule has 0 radical (unpaired) electrons. The van der Waals surface area contributed by atoms with Crippen LogP contribution in [0.5, 0.6) is 5.75 Å². The first-order valence-corrected chi connectivity index (χ1v) is 10.3. The van der Waals surface area contributed by atoms with Crippen molar-refractivity contribution >= 4 is 15.7 Å². The van der Waals surface area contributed by atoms with E-state index in [9.17, 15) is 13.2 Å². The number of carbonyl (C=O) groups is 1. The van der Waals surface area contributed by atoms with E-state index in [1.54, 1.807) is 12.1 Å². The van der Waals surface area contributed by atoms with Crippen LogP contribution >= 0.6 is 0 Å². The van der Waals surface area contributed by atoms with Crippen LogP contribution in [0.1, 0.15) is 25.8 Å². The third-order valence-corrected chi connectivity index (χ3v) is 5.46. The second-order valence-corrected chi connectivity index (χ2v) is 8.40. The van der Waals surface area contributed by atoms with Crippen molar-refractivity contribution in [2.75, 3.05) is 12.3 Å². The number of amides is 1. The Morgan fingerprint density at radius 2 is 1.69 bits per heavy atom. The van der Waals surface area contributed by atoms with Crippen LogP contribution in [0.3, 0.4) is 0 Å². The fraction of sp³-hybridized carbons (Fsp3) is 0.350. The minimum Gasteiger partial charge on any atom is -0.491 e. The lowest BCUT2D eigenvalue weighted by molar-refractivity contribution is -0.120. The number of rotatable bonds is 9. The summed E-state index contributed by atoms with van der Waals surface area (Å²) in [6.07, 6.45) is 0.690. The van der Waals surface area contributed by atoms with E-state index in [1.165, 1.54) is 12.1 Å². The molecule has 6 heteroatoms. The molecule has 2 aromatic carbocycles. The van der Waals surface area contributed by atoms with Gasteiger partial charge in [0.05, 0.1) is 16.8 Å². The van der Waals surface area contributed by atoms with Crippen molar-refractivity contribution in [1.29, 1.82) is 0 Å². The van der Waals surface area contributed by atoms with Crippen molar-refractivity contribution in [3.8, 4) is 5.75 Å². The third-order valence-electron chi connectivity index (χ3n) is 3.73. The molecule has 140 valence electrons. The SMILES string of the molecule is CC(C)Oc1ccc(S(=O)(=O)CCC(=O)NCCc2ccccc2)cc1. The predicted octanol–water partition coefficient (Wildman–Crippen LogP) is 3.00. The van der Waals surface area contributed by atoms with Gasteiger partial charge in [-0.1, -0.05) is 30.3 Å². The molecule has 0 saturated carbocycles. The Labute approximate surface area is 155 Å². The zero-order valence-electron chi connectivity index (χ0n) is 15.1. The van der Waals surface area contributed by atoms with Gasteiger partial charge in [-0.3, -0.25) is 4.79 Å². The predicted molar refractivity (Wildman–Crippen MR) is 102 cm³/mol. The quantitative estimate of drug-likeness (QED) is 0.731. The lowest BCUT2D eigenvalue weighted by Crippen LogP contribution is -2.27. The summed E-state index contributed by atoms with van der Waals surface area (Å²) in [5.41, 5.74) is 1.13. The molecular formula is C20H25NO4S. The summed E-state index contributed by atoms with van der Waals surface area (Å²) in [6.45, 7) is 4.30. The summed E-state index contributed by atoms with van der Waals surface area (Å²) >= 11 is 0. The molecule has 1 N–H and O–H groups in total. The first-order valence-electron chi connectivity index (χ1n) is 8.67. The highest BCUT2D eigenvalue weighted by Crippen LogP contribution is 2.18. The highest BCUT2D eigenvalue weighted by molar-refractivity contribution is 7.91. The number of carbonyl (C=O) groups excluding carboxylic acids is 1. The molecule has 0 bridgehead atoms. The molecule has 0 saturated heterocycles. The molecule has 0 aliphatic heterocycles. The molecule has 0 aliphatic carbocycles. The Kier molecular flexibility index (Phi) is 7.21. The zero-order chi connectivity index (χ0) is 19.0. The van der Waals surface area contributed by atoms with Gasteiger partial charge in [0.25, 0.3) is 0 Å². The Morgan fingerprint density at radius 3 is 2.31 bits per heavy atom. The first kappa shape index (κ1) is 20.0. The van der Waals surface area contributed by atoms with Crippen molar-refractivity contribution in [1.82, 2.24) is 5.32 Å². The fourth-order valence-corrected chi connectivity index (χ4v) is 3.66. The summed E-state index contributed by atoms with van der Waals surface area (Å²) in [6, 6.07) is 16.1. The van der Waals surface area contributed by atoms with E-state index in [2.05, 4.69) is 5.32 Å². The van der Waals surface area contributed by atoms with Crippen LogP contribution in [0.15, 0.2) is 59.5 Å². The molecule has 5 nitrogen and oxygen atoms in total. The van der Waals surface area contributed by atoms with Crippen molar-refractivity contribution < 1.29 is 17.9 Å². The molecule has 0 aliphatic rings. The van der Waals surface area contributed by atoms with Crippen molar-refractivity contribution in [3.05, 3.63) is 60.2 Å². The summed E-state index contributed by atoms with van der Waals surface area (Å²) < 4.78 is 30.2. The van der Waals surface area contributed by atoms with Gasteiger partial charge >= 0.3 is 0 Å². The van der Waals surface area contributed by atoms with Gasteiger partial charge in [0, 0.05) is 13.0 Å². The van der Waals surface area contributed by atoms with Gasteiger partial charge in [-0.15, -0.1) is 0 Å². The second kappa shape index (κ2) is 9.38. The summed E-state index contributed by atoms with van der Waals surface area (Å²) in [5.74, 6) is 0.149. The average molecular weight is 375 g/mol. The molecule has 1 amide bonds. The van der Waals surface area contributed by atoms with E-state index in [-0.39, 0.29) is 29.1 Å². The first-order chi connectivity index (χ1) is 12.4. The highest BCUT2D eigenvalue weighted by atomic mass is 32.2. The molecule has 2 rings (SSSR count). The molecular weight excluding hydrogens is 350 g/mol. The van der Waals surface area contributed by atoms with Crippen molar-refractivity contribution in [3.63, 3.8) is 0 Å². The summed E-state index contributed by atoms with van der Waals surface area (Å²) in [7, 11) is -3.49. The minimum absolute atomic E-state index is 0.0250. The van der Waals surface area contributed by atoms with Crippen LogP contribution in [0.2, 0.25) is 0 Å². The average Bonchev–Trinajstić information content (AvgIpc) is 2.61. The van der Waals surface area contributed by atoms with E-state index < -0.39 is 9.84 Å². The number of sulfone groups is 1. The number of hydrogen-bond donors (Lipinski definition) is 1. The maximum absolute atomic E-state index is 12.3. The van der Waals surface area contributed by atoms with Gasteiger partial charge in [-0.2, -0.15) is 0 Å². The van der Waals surface area contributed by atoms with Gasteiger partial charge in [0.15, 0.2) is 9.84 Å². The van der Waals surface area contributed by atoms with Crippen LogP contribution < -0.4 is 10.1 Å². The maximum atomic E-state index is 12.3. The lowest BCUT2D eigenvalue weighted by atomic mass is 10.1. The summed E-state index contributed by atoms with van der Waals surface area (Å²) in [4.78, 5) is 12.1. The number of nitrogens with one attached hydrogen (secondary N) is 1. The molecule has 0 heterocycles. The van der Waals surface area contributed by atoms with Crippen LogP contribution in [-0.4, -0.2) is 32.7 Å². The molecule has 0 aromatic heterocycles. The van der Waals surface area contributed by atoms with Gasteiger partial charge in [-0.05, 0) is 50.1 Å². The second-order valence-electron chi connectivity index (χ2n) is 6.29. The fourth-order valence-electron chi connectivity index (χ4n) is 2.42. The Bertz CT molecular complexity index is 799. The molecule has 0 unspecified atom stereocenters. The number of ether oxygens (including phenoxy) is 1. The lowest BCUT2D eigenvalue weighted by Gasteiger charge is -2.10. The van der Waals surface area contributed by atoms with E-state index >= 15 is 0 Å². The van der Waals surface area contributed by atoms with Crippen LogP contribution in [0.4, 0.5) is 0 Å². The van der Waals surface area contributed by atoms with Gasteiger partial charge in [0.1, 0.15) is 5.75 Å². The van der Waals surface area contributed by atoms with Crippen molar-refractivity contribution in [2.45, 2.75) is 37.7 Å². The topological polar surface area (TPSA) is 72.5 Å². The largest absolute Gasteiger partial charge is 0.491 e. The van der Waals surface area contributed by atoms with Gasteiger partial charge in [-0.25, -0.2) is 8.42 Å². The minimum atomic E-state index is -3.49. The molecule has 0 spiro atoms. The van der Waals surface area contributed by atoms with Crippen LogP contribution in [-0.2, 0) is 21.1 Å². The third kappa shape index (κ3) is 6.52. The van der Waals surface area contributed by atoms with E-state index in [0.717, 1.165) is 12.0 Å². The van der Waals surface area contributed by atoms with Gasteiger partial charge < -0.3 is 10.1 Å². The molecule has 26 heavy (non-hydrogen) atoms. The van der Waals surface area contributed by atoms with Gasteiger partial charge in [0.2, 0.25) is 5.91 Å². The van der Waals surface area contributed by atoms with Crippen molar-refractivity contribution in [2.24, 2.45) is 0 Å². The van der Waals surface area contributed by atoms with E-state index in [1.807, 2.05) is 44.2 Å².